The zero-order valence-corrected chi connectivity index (χ0v) is 12.9. The van der Waals surface area contributed by atoms with Crippen molar-refractivity contribution < 1.29 is 9.21 Å². The van der Waals surface area contributed by atoms with Gasteiger partial charge in [0.05, 0.1) is 35.3 Å². The second-order valence-corrected chi connectivity index (χ2v) is 5.75. The van der Waals surface area contributed by atoms with Crippen molar-refractivity contribution >= 4 is 22.5 Å². The van der Waals surface area contributed by atoms with Crippen LogP contribution in [0.15, 0.2) is 41.0 Å². The zero-order valence-electron chi connectivity index (χ0n) is 12.9. The molecule has 2 aromatic heterocycles. The number of carbonyl (C=O) groups excluding carboxylic acids is 1. The van der Waals surface area contributed by atoms with Gasteiger partial charge < -0.3 is 15.1 Å². The number of nitrogens with two attached hydrogens (primary N) is 1. The number of rotatable bonds is 3. The third kappa shape index (κ3) is 2.00. The van der Waals surface area contributed by atoms with E-state index in [1.54, 1.807) is 11.2 Å². The Morgan fingerprint density at radius 2 is 2.17 bits per heavy atom. The maximum absolute atomic E-state index is 12.6. The summed E-state index contributed by atoms with van der Waals surface area (Å²) in [4.78, 5) is 19.1. The van der Waals surface area contributed by atoms with Crippen LogP contribution in [0.4, 0.5) is 5.69 Å². The van der Waals surface area contributed by atoms with E-state index in [2.05, 4.69) is 6.92 Å². The quantitative estimate of drug-likeness (QED) is 0.804. The fraction of sp³-hybridized carbons (Fsp3) is 0.222. The lowest BCUT2D eigenvalue weighted by atomic mass is 10.0. The second-order valence-electron chi connectivity index (χ2n) is 5.75. The van der Waals surface area contributed by atoms with E-state index in [0.717, 1.165) is 40.9 Å². The normalized spacial score (nSPS) is 13.8. The Labute approximate surface area is 133 Å². The lowest BCUT2D eigenvalue weighted by Gasteiger charge is -2.13. The lowest BCUT2D eigenvalue weighted by molar-refractivity contribution is 0.0779. The number of furan rings is 1. The smallest absolute Gasteiger partial charge is 0.258 e. The largest absolute Gasteiger partial charge is 0.464 e. The number of benzene rings is 1. The molecule has 3 aromatic rings. The molecule has 23 heavy (non-hydrogen) atoms. The monoisotopic (exact) mass is 307 g/mol. The number of hydrogen-bond donors (Lipinski definition) is 1. The molecule has 116 valence electrons. The molecule has 2 N–H and O–H groups in total. The van der Waals surface area contributed by atoms with Crippen molar-refractivity contribution in [3.8, 4) is 11.3 Å². The maximum atomic E-state index is 12.6. The van der Waals surface area contributed by atoms with E-state index in [1.807, 2.05) is 30.3 Å². The Morgan fingerprint density at radius 1 is 1.30 bits per heavy atom. The minimum atomic E-state index is -0.0165. The molecule has 0 bridgehead atoms. The zero-order chi connectivity index (χ0) is 16.0. The molecule has 1 aromatic carbocycles. The topological polar surface area (TPSA) is 72.4 Å². The number of anilines is 1. The molecule has 0 fully saturated rings. The molecule has 5 heteroatoms. The van der Waals surface area contributed by atoms with Crippen LogP contribution in [0.5, 0.6) is 0 Å². The van der Waals surface area contributed by atoms with Crippen molar-refractivity contribution in [1.82, 2.24) is 9.88 Å². The Hall–Kier alpha value is -2.82. The molecule has 3 heterocycles. The molecule has 0 spiro atoms. The van der Waals surface area contributed by atoms with E-state index in [0.29, 0.717) is 17.8 Å². The van der Waals surface area contributed by atoms with Crippen LogP contribution in [-0.4, -0.2) is 22.3 Å². The van der Waals surface area contributed by atoms with Crippen LogP contribution in [0.1, 0.15) is 29.4 Å². The van der Waals surface area contributed by atoms with Crippen LogP contribution in [0.25, 0.3) is 22.2 Å². The SMILES string of the molecule is CCCN1Cc2nc3c(-c4ccco4)cccc3c(N)c2C1=O. The number of pyridine rings is 1. The van der Waals surface area contributed by atoms with Crippen molar-refractivity contribution in [1.29, 1.82) is 0 Å². The van der Waals surface area contributed by atoms with Gasteiger partial charge in [-0.15, -0.1) is 0 Å². The molecule has 0 radical (unpaired) electrons. The number of hydrogen-bond acceptors (Lipinski definition) is 4. The van der Waals surface area contributed by atoms with Crippen LogP contribution < -0.4 is 5.73 Å². The maximum Gasteiger partial charge on any atom is 0.258 e. The highest BCUT2D eigenvalue weighted by atomic mass is 16.3. The van der Waals surface area contributed by atoms with Gasteiger partial charge in [-0.25, -0.2) is 4.98 Å². The van der Waals surface area contributed by atoms with E-state index in [-0.39, 0.29) is 5.91 Å². The van der Waals surface area contributed by atoms with Crippen LogP contribution in [0, 0.1) is 0 Å². The highest BCUT2D eigenvalue weighted by Crippen LogP contribution is 2.36. The fourth-order valence-corrected chi connectivity index (χ4v) is 3.21. The molecule has 0 unspecified atom stereocenters. The molecular weight excluding hydrogens is 290 g/mol. The van der Waals surface area contributed by atoms with Gasteiger partial charge in [0.2, 0.25) is 0 Å². The number of amides is 1. The number of carbonyl (C=O) groups is 1. The van der Waals surface area contributed by atoms with E-state index < -0.39 is 0 Å². The number of nitrogens with zero attached hydrogens (tertiary/aromatic N) is 2. The summed E-state index contributed by atoms with van der Waals surface area (Å²) < 4.78 is 5.51. The van der Waals surface area contributed by atoms with Crippen LogP contribution in [0.2, 0.25) is 0 Å². The summed E-state index contributed by atoms with van der Waals surface area (Å²) in [5.41, 5.74) is 9.83. The van der Waals surface area contributed by atoms with Gasteiger partial charge in [-0.2, -0.15) is 0 Å². The summed E-state index contributed by atoms with van der Waals surface area (Å²) in [5.74, 6) is 0.731. The third-order valence-electron chi connectivity index (χ3n) is 4.25. The van der Waals surface area contributed by atoms with Gasteiger partial charge in [0.15, 0.2) is 0 Å². The standard InChI is InChI=1S/C18H17N3O2/c1-2-8-21-10-13-15(18(21)22)16(19)12-6-3-5-11(17(12)20-13)14-7-4-9-23-14/h3-7,9H,2,8,10H2,1H3,(H2,19,20). The van der Waals surface area contributed by atoms with Crippen LogP contribution >= 0.6 is 0 Å². The highest BCUT2D eigenvalue weighted by Gasteiger charge is 2.31. The molecule has 0 saturated heterocycles. The van der Waals surface area contributed by atoms with Gasteiger partial charge in [0.1, 0.15) is 5.76 Å². The summed E-state index contributed by atoms with van der Waals surface area (Å²) in [6.07, 6.45) is 2.55. The minimum absolute atomic E-state index is 0.0165. The summed E-state index contributed by atoms with van der Waals surface area (Å²) in [5, 5.41) is 0.796. The Kier molecular flexibility index (Phi) is 3.08. The molecule has 0 saturated carbocycles. The highest BCUT2D eigenvalue weighted by molar-refractivity contribution is 6.11. The minimum Gasteiger partial charge on any atom is -0.464 e. The van der Waals surface area contributed by atoms with Gasteiger partial charge >= 0.3 is 0 Å². The first-order chi connectivity index (χ1) is 11.2. The van der Waals surface area contributed by atoms with Crippen molar-refractivity contribution in [2.75, 3.05) is 12.3 Å². The summed E-state index contributed by atoms with van der Waals surface area (Å²) in [7, 11) is 0. The van der Waals surface area contributed by atoms with Gasteiger partial charge in [-0.05, 0) is 24.6 Å². The van der Waals surface area contributed by atoms with E-state index in [4.69, 9.17) is 15.1 Å². The van der Waals surface area contributed by atoms with Crippen LogP contribution in [0.3, 0.4) is 0 Å². The van der Waals surface area contributed by atoms with Crippen LogP contribution in [-0.2, 0) is 6.54 Å². The van der Waals surface area contributed by atoms with Crippen molar-refractivity contribution in [2.45, 2.75) is 19.9 Å². The molecule has 1 aliphatic heterocycles. The van der Waals surface area contributed by atoms with Gasteiger partial charge in [0.25, 0.3) is 5.91 Å². The molecule has 1 aliphatic rings. The van der Waals surface area contributed by atoms with E-state index in [9.17, 15) is 4.79 Å². The second kappa shape index (κ2) is 5.12. The average molecular weight is 307 g/mol. The van der Waals surface area contributed by atoms with Gasteiger partial charge in [-0.3, -0.25) is 4.79 Å². The molecular formula is C18H17N3O2. The van der Waals surface area contributed by atoms with Crippen molar-refractivity contribution in [3.63, 3.8) is 0 Å². The summed E-state index contributed by atoms with van der Waals surface area (Å²) in [6.45, 7) is 3.29. The van der Waals surface area contributed by atoms with Crippen molar-refractivity contribution in [3.05, 3.63) is 47.9 Å². The van der Waals surface area contributed by atoms with E-state index >= 15 is 0 Å². The number of aromatic nitrogens is 1. The molecule has 0 atom stereocenters. The lowest BCUT2D eigenvalue weighted by Crippen LogP contribution is -2.24. The Balaban J connectivity index is 1.96. The van der Waals surface area contributed by atoms with Gasteiger partial charge in [0, 0.05) is 17.5 Å². The predicted molar refractivity (Wildman–Crippen MR) is 88.9 cm³/mol. The number of para-hydroxylation sites is 1. The van der Waals surface area contributed by atoms with E-state index in [1.165, 1.54) is 0 Å². The average Bonchev–Trinajstić information content (AvgIpc) is 3.17. The summed E-state index contributed by atoms with van der Waals surface area (Å²) in [6, 6.07) is 9.51. The molecule has 1 amide bonds. The molecule has 4 rings (SSSR count). The third-order valence-corrected chi connectivity index (χ3v) is 4.25. The fourth-order valence-electron chi connectivity index (χ4n) is 3.21. The first-order valence-corrected chi connectivity index (χ1v) is 7.75. The number of nitrogen functional groups attached to an aromatic ring is 1. The number of fused-ring (bicyclic) bond motifs is 2. The molecule has 0 aliphatic carbocycles. The first-order valence-electron chi connectivity index (χ1n) is 7.75. The van der Waals surface area contributed by atoms with Gasteiger partial charge in [-0.1, -0.05) is 19.1 Å². The Bertz CT molecular complexity index is 900. The molecule has 5 nitrogen and oxygen atoms in total. The Morgan fingerprint density at radius 3 is 2.91 bits per heavy atom. The first kappa shape index (κ1) is 13.8. The van der Waals surface area contributed by atoms with Crippen molar-refractivity contribution in [2.24, 2.45) is 0 Å². The predicted octanol–water partition coefficient (Wildman–Crippen LogP) is 3.44. The summed E-state index contributed by atoms with van der Waals surface area (Å²) >= 11 is 0.